The minimum absolute atomic E-state index is 0.159. The van der Waals surface area contributed by atoms with Crippen molar-refractivity contribution in [2.24, 2.45) is 5.10 Å². The third kappa shape index (κ3) is 4.89. The SMILES string of the molecule is CC(=O)N1N=C(c2ccc(S(C)(=O)=O)cc2)CC1c1cccc(OCc2ccccc2)c1. The Morgan fingerprint density at radius 3 is 2.41 bits per heavy atom. The number of amides is 1. The van der Waals surface area contributed by atoms with Crippen molar-refractivity contribution >= 4 is 21.5 Å². The number of carbonyl (C=O) groups excluding carboxylic acids is 1. The Morgan fingerprint density at radius 2 is 1.75 bits per heavy atom. The van der Waals surface area contributed by atoms with Crippen LogP contribution in [0.4, 0.5) is 0 Å². The first-order chi connectivity index (χ1) is 15.3. The van der Waals surface area contributed by atoms with Crippen LogP contribution in [0.3, 0.4) is 0 Å². The van der Waals surface area contributed by atoms with Crippen molar-refractivity contribution in [3.05, 3.63) is 95.6 Å². The molecule has 1 aliphatic rings. The zero-order valence-corrected chi connectivity index (χ0v) is 18.7. The Labute approximate surface area is 188 Å². The molecule has 1 unspecified atom stereocenters. The summed E-state index contributed by atoms with van der Waals surface area (Å²) in [7, 11) is -3.27. The zero-order valence-electron chi connectivity index (χ0n) is 17.9. The smallest absolute Gasteiger partial charge is 0.240 e. The van der Waals surface area contributed by atoms with Crippen LogP contribution in [-0.4, -0.2) is 31.3 Å². The van der Waals surface area contributed by atoms with E-state index in [2.05, 4.69) is 5.10 Å². The maximum absolute atomic E-state index is 12.3. The van der Waals surface area contributed by atoms with Crippen molar-refractivity contribution in [1.29, 1.82) is 0 Å². The van der Waals surface area contributed by atoms with E-state index in [1.807, 2.05) is 54.6 Å². The van der Waals surface area contributed by atoms with Gasteiger partial charge < -0.3 is 4.74 Å². The van der Waals surface area contributed by atoms with Crippen LogP contribution in [0.1, 0.15) is 36.1 Å². The van der Waals surface area contributed by atoms with Crippen LogP contribution in [0.25, 0.3) is 0 Å². The summed E-state index contributed by atoms with van der Waals surface area (Å²) in [6.45, 7) is 1.95. The van der Waals surface area contributed by atoms with Crippen molar-refractivity contribution in [3.8, 4) is 5.75 Å². The van der Waals surface area contributed by atoms with Crippen molar-refractivity contribution in [2.75, 3.05) is 6.26 Å². The summed E-state index contributed by atoms with van der Waals surface area (Å²) < 4.78 is 29.4. The van der Waals surface area contributed by atoms with Crippen molar-refractivity contribution in [1.82, 2.24) is 5.01 Å². The summed E-state index contributed by atoms with van der Waals surface area (Å²) in [4.78, 5) is 12.5. The molecular formula is C25H24N2O4S. The maximum Gasteiger partial charge on any atom is 0.240 e. The fourth-order valence-corrected chi connectivity index (χ4v) is 4.31. The lowest BCUT2D eigenvalue weighted by Gasteiger charge is -2.21. The molecule has 3 aromatic carbocycles. The number of carbonyl (C=O) groups is 1. The molecule has 164 valence electrons. The van der Waals surface area contributed by atoms with Gasteiger partial charge >= 0.3 is 0 Å². The van der Waals surface area contributed by atoms with Gasteiger partial charge in [0.2, 0.25) is 5.91 Å². The molecule has 3 aromatic rings. The summed E-state index contributed by atoms with van der Waals surface area (Å²) in [5.74, 6) is 0.564. The average Bonchev–Trinajstić information content (AvgIpc) is 3.24. The van der Waals surface area contributed by atoms with Gasteiger partial charge in [0.05, 0.1) is 16.6 Å². The molecule has 1 amide bonds. The first-order valence-corrected chi connectivity index (χ1v) is 12.1. The van der Waals surface area contributed by atoms with E-state index in [9.17, 15) is 13.2 Å². The van der Waals surface area contributed by atoms with Gasteiger partial charge in [-0.15, -0.1) is 0 Å². The predicted molar refractivity (Wildman–Crippen MR) is 123 cm³/mol. The Morgan fingerprint density at radius 1 is 1.03 bits per heavy atom. The molecule has 0 fully saturated rings. The molecule has 0 N–H and O–H groups in total. The van der Waals surface area contributed by atoms with E-state index >= 15 is 0 Å². The lowest BCUT2D eigenvalue weighted by Crippen LogP contribution is -2.24. The van der Waals surface area contributed by atoms with Crippen LogP contribution in [-0.2, 0) is 21.2 Å². The molecule has 32 heavy (non-hydrogen) atoms. The van der Waals surface area contributed by atoms with Gasteiger partial charge in [0, 0.05) is 19.6 Å². The van der Waals surface area contributed by atoms with Crippen LogP contribution in [0.15, 0.2) is 88.9 Å². The molecular weight excluding hydrogens is 424 g/mol. The van der Waals surface area contributed by atoms with Gasteiger partial charge in [0.25, 0.3) is 0 Å². The summed E-state index contributed by atoms with van der Waals surface area (Å²) in [6, 6.07) is 24.0. The molecule has 4 rings (SSSR count). The van der Waals surface area contributed by atoms with Crippen LogP contribution >= 0.6 is 0 Å². The Kier molecular flexibility index (Phi) is 6.10. The van der Waals surface area contributed by atoms with E-state index in [0.717, 1.165) is 28.2 Å². The van der Waals surface area contributed by atoms with E-state index in [4.69, 9.17) is 4.74 Å². The van der Waals surface area contributed by atoms with Gasteiger partial charge in [0.15, 0.2) is 9.84 Å². The monoisotopic (exact) mass is 448 g/mol. The van der Waals surface area contributed by atoms with Gasteiger partial charge in [-0.25, -0.2) is 13.4 Å². The van der Waals surface area contributed by atoms with Crippen molar-refractivity contribution in [2.45, 2.75) is 30.9 Å². The number of hydrazone groups is 1. The van der Waals surface area contributed by atoms with E-state index in [1.165, 1.54) is 18.2 Å². The predicted octanol–water partition coefficient (Wildman–Crippen LogP) is 4.37. The van der Waals surface area contributed by atoms with E-state index in [0.29, 0.717) is 13.0 Å². The van der Waals surface area contributed by atoms with E-state index in [1.54, 1.807) is 24.3 Å². The zero-order chi connectivity index (χ0) is 22.7. The van der Waals surface area contributed by atoms with E-state index < -0.39 is 9.84 Å². The van der Waals surface area contributed by atoms with Crippen molar-refractivity contribution in [3.63, 3.8) is 0 Å². The second-order valence-electron chi connectivity index (χ2n) is 7.77. The topological polar surface area (TPSA) is 76.0 Å². The largest absolute Gasteiger partial charge is 0.489 e. The summed E-state index contributed by atoms with van der Waals surface area (Å²) in [6.07, 6.45) is 1.70. The third-order valence-electron chi connectivity index (χ3n) is 5.34. The second kappa shape index (κ2) is 8.96. The molecule has 0 bridgehead atoms. The van der Waals surface area contributed by atoms with Crippen LogP contribution in [0.2, 0.25) is 0 Å². The normalized spacial score (nSPS) is 16.0. The molecule has 1 heterocycles. The van der Waals surface area contributed by atoms with Gasteiger partial charge in [-0.05, 0) is 41.0 Å². The third-order valence-corrected chi connectivity index (χ3v) is 6.47. The summed E-state index contributed by atoms with van der Waals surface area (Å²) >= 11 is 0. The summed E-state index contributed by atoms with van der Waals surface area (Å²) in [5.41, 5.74) is 3.54. The highest BCUT2D eigenvalue weighted by atomic mass is 32.2. The Hall–Kier alpha value is -3.45. The van der Waals surface area contributed by atoms with Crippen LogP contribution < -0.4 is 4.74 Å². The lowest BCUT2D eigenvalue weighted by atomic mass is 9.98. The lowest BCUT2D eigenvalue weighted by molar-refractivity contribution is -0.130. The number of nitrogens with zero attached hydrogens (tertiary/aromatic N) is 2. The highest BCUT2D eigenvalue weighted by molar-refractivity contribution is 7.90. The van der Waals surface area contributed by atoms with E-state index in [-0.39, 0.29) is 16.8 Å². The second-order valence-corrected chi connectivity index (χ2v) is 9.79. The molecule has 0 aromatic heterocycles. The van der Waals surface area contributed by atoms with Gasteiger partial charge in [-0.1, -0.05) is 54.6 Å². The Balaban J connectivity index is 1.54. The highest BCUT2D eigenvalue weighted by Gasteiger charge is 2.31. The van der Waals surface area contributed by atoms with Crippen LogP contribution in [0, 0.1) is 0 Å². The number of benzene rings is 3. The van der Waals surface area contributed by atoms with Crippen LogP contribution in [0.5, 0.6) is 5.75 Å². The fourth-order valence-electron chi connectivity index (χ4n) is 3.68. The minimum atomic E-state index is -3.27. The average molecular weight is 449 g/mol. The number of sulfone groups is 1. The molecule has 0 radical (unpaired) electrons. The fraction of sp³-hybridized carbons (Fsp3) is 0.200. The minimum Gasteiger partial charge on any atom is -0.489 e. The van der Waals surface area contributed by atoms with Gasteiger partial charge in [-0.3, -0.25) is 4.79 Å². The van der Waals surface area contributed by atoms with Gasteiger partial charge in [0.1, 0.15) is 12.4 Å². The first-order valence-electron chi connectivity index (χ1n) is 10.3. The first kappa shape index (κ1) is 21.8. The maximum atomic E-state index is 12.3. The molecule has 0 saturated heterocycles. The standard InChI is InChI=1S/C25H24N2O4S/c1-18(28)27-25(16-24(26-27)20-11-13-23(14-12-20)32(2,29)30)21-9-6-10-22(15-21)31-17-19-7-4-3-5-8-19/h3-15,25H,16-17H2,1-2H3. The number of hydrogen-bond acceptors (Lipinski definition) is 5. The molecule has 0 aliphatic carbocycles. The Bertz CT molecular complexity index is 1250. The number of hydrogen-bond donors (Lipinski definition) is 0. The molecule has 6 nitrogen and oxygen atoms in total. The molecule has 1 aliphatic heterocycles. The molecule has 0 spiro atoms. The van der Waals surface area contributed by atoms with Crippen molar-refractivity contribution < 1.29 is 17.9 Å². The number of rotatable bonds is 6. The quantitative estimate of drug-likeness (QED) is 0.561. The van der Waals surface area contributed by atoms with Gasteiger partial charge in [-0.2, -0.15) is 5.10 Å². The number of ether oxygens (including phenoxy) is 1. The molecule has 7 heteroatoms. The summed E-state index contributed by atoms with van der Waals surface area (Å²) in [5, 5.41) is 6.02. The highest BCUT2D eigenvalue weighted by Crippen LogP contribution is 2.34. The molecule has 0 saturated carbocycles. The molecule has 1 atom stereocenters.